The number of rotatable bonds is 6. The van der Waals surface area contributed by atoms with Gasteiger partial charge in [0.2, 0.25) is 12.7 Å². The van der Waals surface area contributed by atoms with E-state index in [4.69, 9.17) is 14.2 Å². The number of amides is 2. The first-order chi connectivity index (χ1) is 12.1. The number of benzene rings is 1. The highest BCUT2D eigenvalue weighted by molar-refractivity contribution is 5.83. The predicted octanol–water partition coefficient (Wildman–Crippen LogP) is 0.892. The van der Waals surface area contributed by atoms with E-state index in [1.165, 1.54) is 10.9 Å². The van der Waals surface area contributed by atoms with E-state index in [0.717, 1.165) is 5.56 Å². The minimum Gasteiger partial charge on any atom is -0.454 e. The molecule has 132 valence electrons. The van der Waals surface area contributed by atoms with Crippen molar-refractivity contribution in [1.82, 2.24) is 20.3 Å². The molecule has 0 aliphatic carbocycles. The molecule has 0 spiro atoms. The molecule has 0 fully saturated rings. The van der Waals surface area contributed by atoms with E-state index in [1.807, 2.05) is 12.1 Å². The van der Waals surface area contributed by atoms with Crippen LogP contribution in [0.4, 0.5) is 10.6 Å². The molecule has 0 saturated carbocycles. The highest BCUT2D eigenvalue weighted by Gasteiger charge is 2.14. The number of nitrogens with one attached hydrogen (secondary N) is 2. The van der Waals surface area contributed by atoms with Crippen LogP contribution in [0, 0.1) is 0 Å². The average molecular weight is 347 g/mol. The van der Waals surface area contributed by atoms with Crippen LogP contribution < -0.4 is 20.1 Å². The quantitative estimate of drug-likeness (QED) is 0.797. The first-order valence-corrected chi connectivity index (χ1v) is 7.63. The van der Waals surface area contributed by atoms with E-state index in [1.54, 1.807) is 13.0 Å². The van der Waals surface area contributed by atoms with Crippen molar-refractivity contribution in [3.8, 4) is 11.5 Å². The molecule has 0 radical (unpaired) electrons. The van der Waals surface area contributed by atoms with Crippen LogP contribution >= 0.6 is 0 Å². The van der Waals surface area contributed by atoms with Gasteiger partial charge in [0.15, 0.2) is 17.3 Å². The molecule has 0 saturated heterocycles. The normalized spacial score (nSPS) is 11.9. The summed E-state index contributed by atoms with van der Waals surface area (Å²) in [7, 11) is 0. The van der Waals surface area contributed by atoms with Crippen molar-refractivity contribution in [2.45, 2.75) is 20.0 Å². The molecule has 2 amide bonds. The highest BCUT2D eigenvalue weighted by Crippen LogP contribution is 2.32. The maximum Gasteiger partial charge on any atom is 0.412 e. The number of fused-ring (bicyclic) bond motifs is 1. The van der Waals surface area contributed by atoms with Gasteiger partial charge < -0.3 is 19.5 Å². The number of hydrogen-bond acceptors (Lipinski definition) is 7. The number of nitrogens with zero attached hydrogens (tertiary/aromatic N) is 3. The minimum absolute atomic E-state index is 0.0257. The number of aromatic nitrogens is 3. The van der Waals surface area contributed by atoms with Crippen molar-refractivity contribution >= 4 is 17.8 Å². The predicted molar refractivity (Wildman–Crippen MR) is 85.1 cm³/mol. The Bertz CT molecular complexity index is 775. The van der Waals surface area contributed by atoms with Crippen molar-refractivity contribution in [1.29, 1.82) is 0 Å². The van der Waals surface area contributed by atoms with E-state index in [0.29, 0.717) is 18.0 Å². The molecule has 25 heavy (non-hydrogen) atoms. The van der Waals surface area contributed by atoms with Gasteiger partial charge in [-0.15, -0.1) is 5.10 Å². The summed E-state index contributed by atoms with van der Waals surface area (Å²) in [6.45, 7) is 2.48. The lowest BCUT2D eigenvalue weighted by Gasteiger charge is -2.06. The molecule has 1 aromatic carbocycles. The Kier molecular flexibility index (Phi) is 4.97. The maximum absolute atomic E-state index is 12.0. The first kappa shape index (κ1) is 16.6. The zero-order valence-corrected chi connectivity index (χ0v) is 13.5. The molecule has 1 aromatic heterocycles. The Morgan fingerprint density at radius 3 is 3.00 bits per heavy atom. The summed E-state index contributed by atoms with van der Waals surface area (Å²) in [6, 6.07) is 5.47. The second kappa shape index (κ2) is 7.51. The van der Waals surface area contributed by atoms with Crippen molar-refractivity contribution < 1.29 is 23.8 Å². The molecular formula is C15H17N5O5. The minimum atomic E-state index is -0.623. The second-order valence-corrected chi connectivity index (χ2v) is 5.11. The Morgan fingerprint density at radius 1 is 1.32 bits per heavy atom. The standard InChI is InChI=1S/C15H17N5O5/c1-2-23-15(22)17-13-7-20(19-18-13)8-14(21)16-6-10-3-4-11-12(5-10)25-9-24-11/h3-5,7H,2,6,8-9H2,1H3,(H,16,21)(H,17,22). The zero-order valence-electron chi connectivity index (χ0n) is 13.5. The lowest BCUT2D eigenvalue weighted by molar-refractivity contribution is -0.122. The fourth-order valence-electron chi connectivity index (χ4n) is 2.16. The molecule has 2 aromatic rings. The van der Waals surface area contributed by atoms with Gasteiger partial charge in [-0.1, -0.05) is 11.3 Å². The maximum atomic E-state index is 12.0. The lowest BCUT2D eigenvalue weighted by Crippen LogP contribution is -2.27. The second-order valence-electron chi connectivity index (χ2n) is 5.11. The molecule has 3 rings (SSSR count). The van der Waals surface area contributed by atoms with Gasteiger partial charge in [0.1, 0.15) is 6.54 Å². The van der Waals surface area contributed by atoms with Crippen LogP contribution in [0.25, 0.3) is 0 Å². The van der Waals surface area contributed by atoms with Gasteiger partial charge in [0.05, 0.1) is 12.8 Å². The molecule has 2 N–H and O–H groups in total. The van der Waals surface area contributed by atoms with E-state index in [9.17, 15) is 9.59 Å². The molecule has 0 bridgehead atoms. The largest absolute Gasteiger partial charge is 0.454 e. The number of anilines is 1. The lowest BCUT2D eigenvalue weighted by atomic mass is 10.2. The fraction of sp³-hybridized carbons (Fsp3) is 0.333. The molecule has 1 aliphatic heterocycles. The highest BCUT2D eigenvalue weighted by atomic mass is 16.7. The van der Waals surface area contributed by atoms with Gasteiger partial charge in [-0.3, -0.25) is 10.1 Å². The van der Waals surface area contributed by atoms with Crippen LogP contribution in [0.2, 0.25) is 0 Å². The van der Waals surface area contributed by atoms with Gasteiger partial charge in [-0.25, -0.2) is 9.48 Å². The summed E-state index contributed by atoms with van der Waals surface area (Å²) in [5.74, 6) is 1.32. The van der Waals surface area contributed by atoms with E-state index in [2.05, 4.69) is 20.9 Å². The molecule has 1 aliphatic rings. The summed E-state index contributed by atoms with van der Waals surface area (Å²) in [4.78, 5) is 23.3. The third-order valence-corrected chi connectivity index (χ3v) is 3.28. The first-order valence-electron chi connectivity index (χ1n) is 7.63. The smallest absolute Gasteiger partial charge is 0.412 e. The summed E-state index contributed by atoms with van der Waals surface area (Å²) < 4.78 is 16.6. The van der Waals surface area contributed by atoms with Crippen LogP contribution in [0.3, 0.4) is 0 Å². The topological polar surface area (TPSA) is 117 Å². The van der Waals surface area contributed by atoms with Crippen LogP contribution in [-0.4, -0.2) is 40.4 Å². The number of carbonyl (C=O) groups excluding carboxylic acids is 2. The van der Waals surface area contributed by atoms with Crippen LogP contribution in [-0.2, 0) is 22.6 Å². The fourth-order valence-corrected chi connectivity index (χ4v) is 2.16. The van der Waals surface area contributed by atoms with Crippen LogP contribution in [0.1, 0.15) is 12.5 Å². The molecule has 2 heterocycles. The van der Waals surface area contributed by atoms with Gasteiger partial charge in [0.25, 0.3) is 0 Å². The van der Waals surface area contributed by atoms with Crippen molar-refractivity contribution in [3.05, 3.63) is 30.0 Å². The third kappa shape index (κ3) is 4.37. The monoisotopic (exact) mass is 347 g/mol. The van der Waals surface area contributed by atoms with Crippen LogP contribution in [0.15, 0.2) is 24.4 Å². The van der Waals surface area contributed by atoms with Gasteiger partial charge >= 0.3 is 6.09 Å². The summed E-state index contributed by atoms with van der Waals surface area (Å²) >= 11 is 0. The number of ether oxygens (including phenoxy) is 3. The Morgan fingerprint density at radius 2 is 2.16 bits per heavy atom. The van der Waals surface area contributed by atoms with Gasteiger partial charge in [-0.05, 0) is 24.6 Å². The Labute approximate surface area is 143 Å². The SMILES string of the molecule is CCOC(=O)Nc1cn(CC(=O)NCc2ccc3c(c2)OCO3)nn1. The van der Waals surface area contributed by atoms with E-state index in [-0.39, 0.29) is 31.7 Å². The number of carbonyl (C=O) groups is 2. The van der Waals surface area contributed by atoms with Crippen molar-refractivity contribution in [2.75, 3.05) is 18.7 Å². The summed E-state index contributed by atoms with van der Waals surface area (Å²) in [5.41, 5.74) is 0.890. The zero-order chi connectivity index (χ0) is 17.6. The molecule has 0 atom stereocenters. The van der Waals surface area contributed by atoms with Crippen LogP contribution in [0.5, 0.6) is 11.5 Å². The molecular weight excluding hydrogens is 330 g/mol. The average Bonchev–Trinajstić information content (AvgIpc) is 3.22. The van der Waals surface area contributed by atoms with Gasteiger partial charge in [-0.2, -0.15) is 0 Å². The van der Waals surface area contributed by atoms with Gasteiger partial charge in [0, 0.05) is 6.54 Å². The summed E-state index contributed by atoms with van der Waals surface area (Å²) in [5, 5.41) is 12.7. The molecule has 10 heteroatoms. The number of hydrogen-bond donors (Lipinski definition) is 2. The van der Waals surface area contributed by atoms with E-state index >= 15 is 0 Å². The van der Waals surface area contributed by atoms with E-state index < -0.39 is 6.09 Å². The summed E-state index contributed by atoms with van der Waals surface area (Å²) in [6.07, 6.45) is 0.818. The molecule has 10 nitrogen and oxygen atoms in total. The Hall–Kier alpha value is -3.30. The Balaban J connectivity index is 1.48. The third-order valence-electron chi connectivity index (χ3n) is 3.28. The molecule has 0 unspecified atom stereocenters. The van der Waals surface area contributed by atoms with Crippen molar-refractivity contribution in [3.63, 3.8) is 0 Å². The van der Waals surface area contributed by atoms with Crippen molar-refractivity contribution in [2.24, 2.45) is 0 Å².